The quantitative estimate of drug-likeness (QED) is 0.279. The number of aryl methyl sites for hydroxylation is 1. The zero-order valence-electron chi connectivity index (χ0n) is 16.3. The Labute approximate surface area is 165 Å². The molecule has 0 saturated carbocycles. The lowest BCUT2D eigenvalue weighted by Crippen LogP contribution is -2.14. The van der Waals surface area contributed by atoms with E-state index in [9.17, 15) is 18.0 Å². The zero-order valence-corrected chi connectivity index (χ0v) is 17.1. The lowest BCUT2D eigenvalue weighted by molar-refractivity contribution is -0.143. The van der Waals surface area contributed by atoms with Crippen LogP contribution < -0.4 is 4.74 Å². The van der Waals surface area contributed by atoms with Gasteiger partial charge in [0.05, 0.1) is 20.0 Å². The van der Waals surface area contributed by atoms with E-state index in [0.717, 1.165) is 43.1 Å². The van der Waals surface area contributed by atoms with Crippen molar-refractivity contribution in [3.05, 3.63) is 29.3 Å². The van der Waals surface area contributed by atoms with Crippen LogP contribution in [0.2, 0.25) is 0 Å². The van der Waals surface area contributed by atoms with Crippen LogP contribution in [0, 0.1) is 0 Å². The molecule has 0 spiro atoms. The maximum absolute atomic E-state index is 11.3. The molecule has 1 N–H and O–H groups in total. The van der Waals surface area contributed by atoms with Crippen molar-refractivity contribution in [3.63, 3.8) is 0 Å². The fourth-order valence-electron chi connectivity index (χ4n) is 2.67. The first kappa shape index (κ1) is 23.9. The van der Waals surface area contributed by atoms with Crippen molar-refractivity contribution >= 4 is 22.1 Å². The van der Waals surface area contributed by atoms with E-state index >= 15 is 0 Å². The summed E-state index contributed by atoms with van der Waals surface area (Å²) in [7, 11) is -2.12. The zero-order chi connectivity index (χ0) is 21.0. The number of carbonyl (C=O) groups is 2. The van der Waals surface area contributed by atoms with E-state index < -0.39 is 22.1 Å². The van der Waals surface area contributed by atoms with E-state index in [1.54, 1.807) is 6.07 Å². The van der Waals surface area contributed by atoms with Gasteiger partial charge in [-0.05, 0) is 42.9 Å². The van der Waals surface area contributed by atoms with Crippen LogP contribution in [0.1, 0.15) is 43.2 Å². The Morgan fingerprint density at radius 3 is 2.43 bits per heavy atom. The van der Waals surface area contributed by atoms with Crippen molar-refractivity contribution in [2.75, 3.05) is 26.6 Å². The number of rotatable bonds is 14. The molecule has 1 aromatic carbocycles. The summed E-state index contributed by atoms with van der Waals surface area (Å²) in [5, 5.41) is 9.00. The number of aliphatic carboxylic acids is 1. The van der Waals surface area contributed by atoms with Gasteiger partial charge >= 0.3 is 11.9 Å². The average molecular weight is 416 g/mol. The van der Waals surface area contributed by atoms with Crippen LogP contribution in [0.25, 0.3) is 0 Å². The number of benzene rings is 1. The van der Waals surface area contributed by atoms with Crippen molar-refractivity contribution in [1.82, 2.24) is 0 Å². The lowest BCUT2D eigenvalue weighted by Gasteiger charge is -2.15. The monoisotopic (exact) mass is 416 g/mol. The molecule has 0 saturated heterocycles. The van der Waals surface area contributed by atoms with Crippen molar-refractivity contribution < 1.29 is 36.8 Å². The van der Waals surface area contributed by atoms with Gasteiger partial charge in [0, 0.05) is 6.42 Å². The standard InChI is InChI=1S/C19H28O8S/c1-25-19(22)14-26-17-10-7-9-15(16(17)11-12-18(20)21)8-5-3-4-6-13-27-28(2,23)24/h7,9-10H,3-6,8,11-14H2,1-2H3,(H,20,21). The minimum absolute atomic E-state index is 0.0333. The van der Waals surface area contributed by atoms with Gasteiger partial charge in [-0.2, -0.15) is 8.42 Å². The summed E-state index contributed by atoms with van der Waals surface area (Å²) in [6.45, 7) is -0.0556. The number of esters is 1. The topological polar surface area (TPSA) is 116 Å². The summed E-state index contributed by atoms with van der Waals surface area (Å²) in [4.78, 5) is 22.3. The first-order valence-electron chi connectivity index (χ1n) is 9.09. The molecule has 158 valence electrons. The smallest absolute Gasteiger partial charge is 0.343 e. The second-order valence-corrected chi connectivity index (χ2v) is 7.99. The Kier molecular flexibility index (Phi) is 10.5. The largest absolute Gasteiger partial charge is 0.482 e. The number of methoxy groups -OCH3 is 1. The maximum Gasteiger partial charge on any atom is 0.343 e. The second kappa shape index (κ2) is 12.4. The molecule has 0 atom stereocenters. The van der Waals surface area contributed by atoms with Gasteiger partial charge in [-0.15, -0.1) is 0 Å². The average Bonchev–Trinajstić information content (AvgIpc) is 2.63. The van der Waals surface area contributed by atoms with E-state index in [2.05, 4.69) is 4.74 Å². The normalized spacial score (nSPS) is 11.2. The fourth-order valence-corrected chi connectivity index (χ4v) is 3.09. The third-order valence-corrected chi connectivity index (χ3v) is 4.62. The molecular weight excluding hydrogens is 388 g/mol. The van der Waals surface area contributed by atoms with Gasteiger partial charge in [0.1, 0.15) is 5.75 Å². The molecule has 0 amide bonds. The number of carboxylic acids is 1. The summed E-state index contributed by atoms with van der Waals surface area (Å²) >= 11 is 0. The molecule has 0 aliphatic carbocycles. The minimum Gasteiger partial charge on any atom is -0.482 e. The Morgan fingerprint density at radius 1 is 1.07 bits per heavy atom. The number of hydrogen-bond donors (Lipinski definition) is 1. The highest BCUT2D eigenvalue weighted by Gasteiger charge is 2.13. The van der Waals surface area contributed by atoms with Crippen LogP contribution in [0.5, 0.6) is 5.75 Å². The molecule has 0 unspecified atom stereocenters. The number of ether oxygens (including phenoxy) is 2. The highest BCUT2D eigenvalue weighted by molar-refractivity contribution is 7.85. The van der Waals surface area contributed by atoms with Crippen molar-refractivity contribution in [2.24, 2.45) is 0 Å². The molecular formula is C19H28O8S. The molecule has 1 aromatic rings. The third-order valence-electron chi connectivity index (χ3n) is 4.03. The summed E-state index contributed by atoms with van der Waals surface area (Å²) in [5.41, 5.74) is 1.77. The predicted molar refractivity (Wildman–Crippen MR) is 103 cm³/mol. The van der Waals surface area contributed by atoms with Gasteiger partial charge in [0.15, 0.2) is 6.61 Å². The maximum atomic E-state index is 11.3. The molecule has 0 heterocycles. The Morgan fingerprint density at radius 2 is 1.79 bits per heavy atom. The Balaban J connectivity index is 2.62. The minimum atomic E-state index is -3.39. The third kappa shape index (κ3) is 10.3. The van der Waals surface area contributed by atoms with Crippen molar-refractivity contribution in [3.8, 4) is 5.75 Å². The van der Waals surface area contributed by atoms with Crippen LogP contribution in [0.3, 0.4) is 0 Å². The summed E-state index contributed by atoms with van der Waals surface area (Å²) < 4.78 is 36.6. The highest BCUT2D eigenvalue weighted by Crippen LogP contribution is 2.26. The van der Waals surface area contributed by atoms with Crippen LogP contribution >= 0.6 is 0 Å². The van der Waals surface area contributed by atoms with Crippen LogP contribution in [-0.4, -0.2) is 52.0 Å². The number of carboxylic acid groups (broad SMARTS) is 1. The van der Waals surface area contributed by atoms with Crippen LogP contribution in [0.15, 0.2) is 18.2 Å². The van der Waals surface area contributed by atoms with E-state index in [-0.39, 0.29) is 19.6 Å². The molecule has 8 nitrogen and oxygen atoms in total. The van der Waals surface area contributed by atoms with Crippen LogP contribution in [0.4, 0.5) is 0 Å². The predicted octanol–water partition coefficient (Wildman–Crippen LogP) is 2.33. The first-order valence-corrected chi connectivity index (χ1v) is 10.9. The first-order chi connectivity index (χ1) is 13.2. The van der Waals surface area contributed by atoms with E-state index in [1.807, 2.05) is 12.1 Å². The summed E-state index contributed by atoms with van der Waals surface area (Å²) in [6, 6.07) is 5.45. The summed E-state index contributed by atoms with van der Waals surface area (Å²) in [5.74, 6) is -0.920. The molecule has 0 aromatic heterocycles. The molecule has 0 aliphatic heterocycles. The molecule has 0 radical (unpaired) electrons. The van der Waals surface area contributed by atoms with Crippen molar-refractivity contribution in [2.45, 2.75) is 44.9 Å². The highest BCUT2D eigenvalue weighted by atomic mass is 32.2. The van der Waals surface area contributed by atoms with Gasteiger partial charge in [0.25, 0.3) is 10.1 Å². The Bertz CT molecular complexity index is 742. The van der Waals surface area contributed by atoms with E-state index in [4.69, 9.17) is 14.0 Å². The molecule has 0 bridgehead atoms. The van der Waals surface area contributed by atoms with Gasteiger partial charge in [-0.3, -0.25) is 8.98 Å². The van der Waals surface area contributed by atoms with Gasteiger partial charge in [0.2, 0.25) is 0 Å². The van der Waals surface area contributed by atoms with E-state index in [0.29, 0.717) is 18.6 Å². The summed E-state index contributed by atoms with van der Waals surface area (Å²) in [6.07, 6.45) is 5.27. The van der Waals surface area contributed by atoms with Crippen LogP contribution in [-0.2, 0) is 41.5 Å². The number of carbonyl (C=O) groups excluding carboxylic acids is 1. The Hall–Kier alpha value is -2.13. The second-order valence-electron chi connectivity index (χ2n) is 6.34. The molecule has 1 rings (SSSR count). The molecule has 0 fully saturated rings. The lowest BCUT2D eigenvalue weighted by atomic mass is 9.97. The molecule has 9 heteroatoms. The molecule has 0 aliphatic rings. The van der Waals surface area contributed by atoms with Crippen molar-refractivity contribution in [1.29, 1.82) is 0 Å². The SMILES string of the molecule is COC(=O)COc1cccc(CCCCCCOS(C)(=O)=O)c1CCC(=O)O. The van der Waals surface area contributed by atoms with E-state index in [1.165, 1.54) is 7.11 Å². The van der Waals surface area contributed by atoms with Gasteiger partial charge < -0.3 is 14.6 Å². The number of unbranched alkanes of at least 4 members (excludes halogenated alkanes) is 3. The molecule has 28 heavy (non-hydrogen) atoms. The van der Waals surface area contributed by atoms with Gasteiger partial charge in [-0.1, -0.05) is 25.0 Å². The fraction of sp³-hybridized carbons (Fsp3) is 0.579. The number of hydrogen-bond acceptors (Lipinski definition) is 7. The van der Waals surface area contributed by atoms with Gasteiger partial charge in [-0.25, -0.2) is 4.79 Å².